The molecule has 1 saturated heterocycles. The van der Waals surface area contributed by atoms with Crippen LogP contribution in [0.15, 0.2) is 35.8 Å². The molecule has 3 heterocycles. The average molecular weight is 387 g/mol. The number of carbonyl (C=O) groups excluding carboxylic acids is 1. The van der Waals surface area contributed by atoms with Gasteiger partial charge in [-0.3, -0.25) is 9.20 Å². The van der Waals surface area contributed by atoms with Gasteiger partial charge in [-0.1, -0.05) is 12.1 Å². The number of carbonyl (C=O) groups is 1. The van der Waals surface area contributed by atoms with Crippen LogP contribution in [-0.4, -0.2) is 46.5 Å². The largest absolute Gasteiger partial charge is 0.378 e. The van der Waals surface area contributed by atoms with E-state index in [0.717, 1.165) is 25.9 Å². The number of nitrogens with zero attached hydrogens (tertiary/aromatic N) is 3. The van der Waals surface area contributed by atoms with Crippen LogP contribution in [0, 0.1) is 5.82 Å². The van der Waals surface area contributed by atoms with Crippen molar-refractivity contribution in [2.75, 3.05) is 20.2 Å². The normalized spacial score (nSPS) is 17.3. The minimum atomic E-state index is -0.319. The van der Waals surface area contributed by atoms with Gasteiger partial charge in [0.15, 0.2) is 4.96 Å². The van der Waals surface area contributed by atoms with Gasteiger partial charge in [0.25, 0.3) is 5.91 Å². The summed E-state index contributed by atoms with van der Waals surface area (Å²) in [6.45, 7) is 1.47. The Balaban J connectivity index is 1.51. The summed E-state index contributed by atoms with van der Waals surface area (Å²) in [5.74, 6) is -0.379. The summed E-state index contributed by atoms with van der Waals surface area (Å²) in [5, 5.41) is 1.81. The summed E-state index contributed by atoms with van der Waals surface area (Å²) < 4.78 is 21.5. The van der Waals surface area contributed by atoms with E-state index in [1.165, 1.54) is 23.8 Å². The van der Waals surface area contributed by atoms with Gasteiger partial charge in [0.2, 0.25) is 0 Å². The molecule has 1 amide bonds. The van der Waals surface area contributed by atoms with E-state index < -0.39 is 0 Å². The van der Waals surface area contributed by atoms with Gasteiger partial charge in [-0.15, -0.1) is 11.3 Å². The molecule has 1 unspecified atom stereocenters. The molecule has 5 nitrogen and oxygen atoms in total. The maximum atomic E-state index is 14.0. The maximum Gasteiger partial charge on any atom is 0.271 e. The van der Waals surface area contributed by atoms with Crippen molar-refractivity contribution >= 4 is 22.2 Å². The lowest BCUT2D eigenvalue weighted by molar-refractivity contribution is 0.00705. The summed E-state index contributed by atoms with van der Waals surface area (Å²) in [5.41, 5.74) is 1.53. The number of ether oxygens (including phenoxy) is 1. The molecule has 1 aliphatic heterocycles. The van der Waals surface area contributed by atoms with Crippen molar-refractivity contribution in [3.8, 4) is 11.3 Å². The van der Waals surface area contributed by atoms with Gasteiger partial charge in [0.1, 0.15) is 11.5 Å². The van der Waals surface area contributed by atoms with Gasteiger partial charge >= 0.3 is 0 Å². The lowest BCUT2D eigenvalue weighted by atomic mass is 10.1. The van der Waals surface area contributed by atoms with Crippen LogP contribution in [0.5, 0.6) is 0 Å². The highest BCUT2D eigenvalue weighted by atomic mass is 32.1. The van der Waals surface area contributed by atoms with Crippen LogP contribution in [0.2, 0.25) is 0 Å². The molecule has 1 atom stereocenters. The molecule has 1 aliphatic rings. The van der Waals surface area contributed by atoms with Crippen LogP contribution >= 0.6 is 11.3 Å². The van der Waals surface area contributed by atoms with E-state index in [2.05, 4.69) is 4.98 Å². The standard InChI is InChI=1S/C20H22FN3O2S/c1-23(10-9-14-6-4-5-11-26-14)19(25)18-13-27-20-22-17(12-24(18)20)15-7-2-3-8-16(15)21/h2-3,7-8,12-14H,4-6,9-11H2,1H3. The summed E-state index contributed by atoms with van der Waals surface area (Å²) in [6, 6.07) is 6.53. The lowest BCUT2D eigenvalue weighted by Gasteiger charge is -2.25. The van der Waals surface area contributed by atoms with E-state index in [1.807, 2.05) is 12.4 Å². The minimum absolute atomic E-state index is 0.0606. The Morgan fingerprint density at radius 3 is 3.04 bits per heavy atom. The smallest absolute Gasteiger partial charge is 0.271 e. The van der Waals surface area contributed by atoms with Crippen molar-refractivity contribution in [2.45, 2.75) is 31.8 Å². The Morgan fingerprint density at radius 1 is 1.41 bits per heavy atom. The predicted molar refractivity (Wildman–Crippen MR) is 104 cm³/mol. The number of halogens is 1. The van der Waals surface area contributed by atoms with Gasteiger partial charge in [-0.2, -0.15) is 0 Å². The Labute approximate surface area is 161 Å². The first-order valence-electron chi connectivity index (χ1n) is 9.22. The fourth-order valence-electron chi connectivity index (χ4n) is 3.41. The molecular weight excluding hydrogens is 365 g/mol. The number of amides is 1. The highest BCUT2D eigenvalue weighted by molar-refractivity contribution is 7.15. The van der Waals surface area contributed by atoms with E-state index >= 15 is 0 Å². The number of rotatable bonds is 5. The summed E-state index contributed by atoms with van der Waals surface area (Å²) in [4.78, 5) is 19.8. The Morgan fingerprint density at radius 2 is 2.26 bits per heavy atom. The number of hydrogen-bond donors (Lipinski definition) is 0. The fraction of sp³-hybridized carbons (Fsp3) is 0.400. The monoisotopic (exact) mass is 387 g/mol. The molecule has 4 rings (SSSR count). The number of benzene rings is 1. The number of thiazole rings is 1. The van der Waals surface area contributed by atoms with Crippen LogP contribution < -0.4 is 0 Å². The molecule has 0 N–H and O–H groups in total. The van der Waals surface area contributed by atoms with Gasteiger partial charge in [-0.05, 0) is 37.8 Å². The van der Waals surface area contributed by atoms with Gasteiger partial charge in [0, 0.05) is 37.3 Å². The first-order valence-corrected chi connectivity index (χ1v) is 10.1. The van der Waals surface area contributed by atoms with Crippen LogP contribution in [0.1, 0.15) is 36.2 Å². The molecule has 27 heavy (non-hydrogen) atoms. The van der Waals surface area contributed by atoms with Gasteiger partial charge in [0.05, 0.1) is 11.8 Å². The van der Waals surface area contributed by atoms with Gasteiger partial charge in [-0.25, -0.2) is 9.37 Å². The first-order chi connectivity index (χ1) is 13.1. The van der Waals surface area contributed by atoms with Crippen LogP contribution in [0.3, 0.4) is 0 Å². The number of hydrogen-bond acceptors (Lipinski definition) is 4. The molecule has 3 aromatic rings. The molecule has 0 saturated carbocycles. The molecule has 0 spiro atoms. The zero-order chi connectivity index (χ0) is 18.8. The van der Waals surface area contributed by atoms with Crippen molar-refractivity contribution in [3.05, 3.63) is 47.4 Å². The Bertz CT molecular complexity index is 946. The van der Waals surface area contributed by atoms with Gasteiger partial charge < -0.3 is 9.64 Å². The molecule has 2 aromatic heterocycles. The third-order valence-corrected chi connectivity index (χ3v) is 5.83. The second-order valence-corrected chi connectivity index (χ2v) is 7.72. The SMILES string of the molecule is CN(CCC1CCCCO1)C(=O)c1csc2nc(-c3ccccc3F)cn12. The highest BCUT2D eigenvalue weighted by Gasteiger charge is 2.21. The van der Waals surface area contributed by atoms with Crippen molar-refractivity contribution < 1.29 is 13.9 Å². The second-order valence-electron chi connectivity index (χ2n) is 6.88. The Hall–Kier alpha value is -2.25. The van der Waals surface area contributed by atoms with Crippen LogP contribution in [0.25, 0.3) is 16.2 Å². The minimum Gasteiger partial charge on any atom is -0.378 e. The van der Waals surface area contributed by atoms with Crippen molar-refractivity contribution in [3.63, 3.8) is 0 Å². The Kier molecular flexibility index (Phi) is 5.22. The number of fused-ring (bicyclic) bond motifs is 1. The molecule has 0 radical (unpaired) electrons. The molecule has 1 aromatic carbocycles. The van der Waals surface area contributed by atoms with Crippen LogP contribution in [0.4, 0.5) is 4.39 Å². The quantitative estimate of drug-likeness (QED) is 0.658. The van der Waals surface area contributed by atoms with Crippen LogP contribution in [-0.2, 0) is 4.74 Å². The molecule has 7 heteroatoms. The predicted octanol–water partition coefficient (Wildman–Crippen LogP) is 4.23. The van der Waals surface area contributed by atoms with E-state index in [-0.39, 0.29) is 17.8 Å². The first kappa shape index (κ1) is 18.1. The zero-order valence-electron chi connectivity index (χ0n) is 15.2. The molecule has 0 bridgehead atoms. The number of imidazole rings is 1. The van der Waals surface area contributed by atoms with E-state index in [9.17, 15) is 9.18 Å². The topological polar surface area (TPSA) is 46.8 Å². The molecule has 0 aliphatic carbocycles. The van der Waals surface area contributed by atoms with Crippen molar-refractivity contribution in [1.82, 2.24) is 14.3 Å². The second kappa shape index (κ2) is 7.78. The zero-order valence-corrected chi connectivity index (χ0v) is 16.0. The van der Waals surface area contributed by atoms with Crippen molar-refractivity contribution in [2.24, 2.45) is 0 Å². The number of aromatic nitrogens is 2. The average Bonchev–Trinajstić information content (AvgIpc) is 3.27. The summed E-state index contributed by atoms with van der Waals surface area (Å²) in [7, 11) is 1.81. The lowest BCUT2D eigenvalue weighted by Crippen LogP contribution is -2.32. The third kappa shape index (κ3) is 3.75. The third-order valence-electron chi connectivity index (χ3n) is 4.99. The summed E-state index contributed by atoms with van der Waals surface area (Å²) in [6.07, 6.45) is 6.22. The van der Waals surface area contributed by atoms with E-state index in [4.69, 9.17) is 4.74 Å². The van der Waals surface area contributed by atoms with E-state index in [1.54, 1.807) is 33.7 Å². The highest BCUT2D eigenvalue weighted by Crippen LogP contribution is 2.26. The molecule has 142 valence electrons. The molecular formula is C20H22FN3O2S. The maximum absolute atomic E-state index is 14.0. The van der Waals surface area contributed by atoms with Crippen molar-refractivity contribution in [1.29, 1.82) is 0 Å². The summed E-state index contributed by atoms with van der Waals surface area (Å²) >= 11 is 1.38. The fourth-order valence-corrected chi connectivity index (χ4v) is 4.25. The molecule has 1 fully saturated rings. The van der Waals surface area contributed by atoms with E-state index in [0.29, 0.717) is 28.5 Å².